The number of nitrogens with zero attached hydrogens (tertiary/aromatic N) is 2. The summed E-state index contributed by atoms with van der Waals surface area (Å²) in [7, 11) is 2.01. The number of carbonyl (C=O) groups is 4. The molecule has 11 nitrogen and oxygen atoms in total. The molecule has 5 rings (SSSR count). The van der Waals surface area contributed by atoms with E-state index < -0.39 is 30.4 Å². The van der Waals surface area contributed by atoms with Gasteiger partial charge in [-0.15, -0.1) is 0 Å². The molecule has 3 aromatic rings. The number of rotatable bonds is 10. The number of anilines is 1. The van der Waals surface area contributed by atoms with Crippen LogP contribution in [0, 0.1) is 0 Å². The van der Waals surface area contributed by atoms with Crippen molar-refractivity contribution in [3.8, 4) is 11.1 Å². The molecule has 1 amide bonds. The maximum Gasteiger partial charge on any atom is 0.490 e. The highest BCUT2D eigenvalue weighted by atomic mass is 19.4. The van der Waals surface area contributed by atoms with E-state index in [0.717, 1.165) is 37.9 Å². The quantitative estimate of drug-likeness (QED) is 0.139. The van der Waals surface area contributed by atoms with E-state index in [1.54, 1.807) is 6.92 Å². The lowest BCUT2D eigenvalue weighted by atomic mass is 9.99. The molecule has 2 aliphatic rings. The number of nitrogens with one attached hydrogen (secondary N) is 2. The summed E-state index contributed by atoms with van der Waals surface area (Å²) < 4.78 is 69.2. The molecule has 4 N–H and O–H groups in total. The van der Waals surface area contributed by atoms with Gasteiger partial charge >= 0.3 is 24.3 Å². The van der Waals surface area contributed by atoms with Gasteiger partial charge < -0.3 is 35.4 Å². The molecular weight excluding hydrogens is 702 g/mol. The number of morpholine rings is 1. The van der Waals surface area contributed by atoms with Gasteiger partial charge in [-0.3, -0.25) is 4.79 Å². The Balaban J connectivity index is 0.000000441. The number of carboxylic acid groups (broad SMARTS) is 2. The van der Waals surface area contributed by atoms with Crippen LogP contribution in [0.5, 0.6) is 0 Å². The number of halogens is 6. The lowest BCUT2D eigenvalue weighted by Gasteiger charge is -2.33. The minimum absolute atomic E-state index is 0.0695. The van der Waals surface area contributed by atoms with Gasteiger partial charge in [0.05, 0.1) is 18.5 Å². The maximum atomic E-state index is 13.1. The third-order valence-electron chi connectivity index (χ3n) is 8.03. The second-order valence-corrected chi connectivity index (χ2v) is 12.2. The Morgan fingerprint density at radius 3 is 2.08 bits per heavy atom. The van der Waals surface area contributed by atoms with Gasteiger partial charge in [0.1, 0.15) is 11.9 Å². The third-order valence-corrected chi connectivity index (χ3v) is 8.03. The number of ketones is 1. The number of ether oxygens (including phenoxy) is 1. The molecule has 2 heterocycles. The normalized spacial score (nSPS) is 16.7. The first kappa shape index (κ1) is 41.7. The number of alkyl halides is 6. The Hall–Kier alpha value is -4.74. The number of unbranched alkanes of at least 4 members (excludes halogenated alkanes) is 2. The van der Waals surface area contributed by atoms with Crippen LogP contribution in [0.1, 0.15) is 44.6 Å². The molecule has 0 aliphatic carbocycles. The van der Waals surface area contributed by atoms with E-state index in [1.165, 1.54) is 27.5 Å². The molecule has 52 heavy (non-hydrogen) atoms. The van der Waals surface area contributed by atoms with Gasteiger partial charge in [0.15, 0.2) is 0 Å². The smallest absolute Gasteiger partial charge is 0.475 e. The highest BCUT2D eigenvalue weighted by molar-refractivity contribution is 5.87. The van der Waals surface area contributed by atoms with E-state index in [1.807, 2.05) is 7.05 Å². The van der Waals surface area contributed by atoms with Crippen molar-refractivity contribution in [1.82, 2.24) is 15.2 Å². The van der Waals surface area contributed by atoms with E-state index in [0.29, 0.717) is 26.1 Å². The SMILES string of the molecule is CC(=O)CCCCC[C@@H](NC(=O)C1CN(C)CCO1)N1Cc2cc(-c3ccc4ccccc4c3)ccc2N1.O=C(O)C(F)(F)F.O=C(O)C(F)(F)F. The van der Waals surface area contributed by atoms with Crippen LogP contribution in [0.15, 0.2) is 60.7 Å². The fourth-order valence-electron chi connectivity index (χ4n) is 5.34. The van der Waals surface area contributed by atoms with Crippen LogP contribution in [-0.4, -0.2) is 95.1 Å². The summed E-state index contributed by atoms with van der Waals surface area (Å²) in [6, 6.07) is 21.5. The van der Waals surface area contributed by atoms with Crippen molar-refractivity contribution in [3.63, 3.8) is 0 Å². The van der Waals surface area contributed by atoms with Gasteiger partial charge in [-0.2, -0.15) is 31.4 Å². The van der Waals surface area contributed by atoms with Crippen LogP contribution in [0.4, 0.5) is 32.0 Å². The summed E-state index contributed by atoms with van der Waals surface area (Å²) >= 11 is 0. The van der Waals surface area contributed by atoms with E-state index in [2.05, 4.69) is 81.3 Å². The molecule has 3 aromatic carbocycles. The Morgan fingerprint density at radius 2 is 1.48 bits per heavy atom. The molecule has 0 aromatic heterocycles. The van der Waals surface area contributed by atoms with E-state index in [9.17, 15) is 35.9 Å². The molecule has 284 valence electrons. The Morgan fingerprint density at radius 1 is 0.885 bits per heavy atom. The van der Waals surface area contributed by atoms with Gasteiger partial charge in [-0.05, 0) is 78.9 Å². The summed E-state index contributed by atoms with van der Waals surface area (Å²) in [5.74, 6) is -5.35. The van der Waals surface area contributed by atoms with E-state index in [-0.39, 0.29) is 17.9 Å². The van der Waals surface area contributed by atoms with Gasteiger partial charge in [-0.1, -0.05) is 48.9 Å². The monoisotopic (exact) mass is 742 g/mol. The lowest BCUT2D eigenvalue weighted by molar-refractivity contribution is -0.193. The van der Waals surface area contributed by atoms with Crippen molar-refractivity contribution in [2.45, 2.75) is 70.2 Å². The van der Waals surface area contributed by atoms with Crippen LogP contribution in [0.25, 0.3) is 21.9 Å². The highest BCUT2D eigenvalue weighted by Gasteiger charge is 2.39. The number of hydrogen-bond acceptors (Lipinski definition) is 8. The van der Waals surface area contributed by atoms with Crippen molar-refractivity contribution in [2.75, 3.05) is 32.2 Å². The third kappa shape index (κ3) is 13.1. The first-order valence-electron chi connectivity index (χ1n) is 16.2. The first-order valence-corrected chi connectivity index (χ1v) is 16.2. The van der Waals surface area contributed by atoms with Crippen molar-refractivity contribution >= 4 is 40.1 Å². The minimum atomic E-state index is -5.08. The van der Waals surface area contributed by atoms with Crippen LogP contribution in [0.3, 0.4) is 0 Å². The molecular formula is C35H40F6N4O7. The number of Topliss-reactive ketones (excluding diaryl/α,β-unsaturated/α-hetero) is 1. The maximum absolute atomic E-state index is 13.1. The van der Waals surface area contributed by atoms with E-state index >= 15 is 0 Å². The second-order valence-electron chi connectivity index (χ2n) is 12.2. The van der Waals surface area contributed by atoms with Crippen LogP contribution in [-0.2, 0) is 30.5 Å². The van der Waals surface area contributed by atoms with Gasteiger partial charge in [0.25, 0.3) is 5.91 Å². The summed E-state index contributed by atoms with van der Waals surface area (Å²) in [6.07, 6.45) is -6.61. The molecule has 2 atom stereocenters. The predicted molar refractivity (Wildman–Crippen MR) is 179 cm³/mol. The number of likely N-dealkylation sites (N-methyl/N-ethyl adjacent to an activating group) is 1. The van der Waals surface area contributed by atoms with Crippen LogP contribution < -0.4 is 10.7 Å². The minimum Gasteiger partial charge on any atom is -0.475 e. The standard InChI is InChI=1S/C31H38N4O3.2C2HF3O2/c1-22(36)8-4-3-5-11-30(32-31(37)29-21-34(2)16-17-38-29)35-20-27-19-26(14-15-28(27)33-35)25-13-12-23-9-6-7-10-24(23)18-25;2*3-2(4,5)1(6)7/h6-7,9-10,12-15,18-19,29-30,33H,3-5,8,11,16-17,20-21H2,1-2H3,(H,32,37);2*(H,6,7)/t29?,30-;;/m0../s1. The Labute approximate surface area is 295 Å². The average molecular weight is 743 g/mol. The molecule has 0 bridgehead atoms. The van der Waals surface area contributed by atoms with Gasteiger partial charge in [0.2, 0.25) is 0 Å². The number of carboxylic acids is 2. The number of fused-ring (bicyclic) bond motifs is 2. The summed E-state index contributed by atoms with van der Waals surface area (Å²) in [5.41, 5.74) is 8.18. The zero-order valence-electron chi connectivity index (χ0n) is 28.4. The average Bonchev–Trinajstić information content (AvgIpc) is 3.50. The van der Waals surface area contributed by atoms with Crippen molar-refractivity contribution in [3.05, 3.63) is 66.2 Å². The van der Waals surface area contributed by atoms with Crippen LogP contribution in [0.2, 0.25) is 0 Å². The predicted octanol–water partition coefficient (Wildman–Crippen LogP) is 6.23. The number of hydrogen-bond donors (Lipinski definition) is 4. The largest absolute Gasteiger partial charge is 0.490 e. The highest BCUT2D eigenvalue weighted by Crippen LogP contribution is 2.33. The number of benzene rings is 3. The topological polar surface area (TPSA) is 149 Å². The molecule has 17 heteroatoms. The number of aliphatic carboxylic acids is 2. The van der Waals surface area contributed by atoms with Gasteiger partial charge in [-0.25, -0.2) is 9.59 Å². The van der Waals surface area contributed by atoms with E-state index in [4.69, 9.17) is 24.5 Å². The van der Waals surface area contributed by atoms with Crippen molar-refractivity contribution in [1.29, 1.82) is 0 Å². The molecule has 0 saturated carbocycles. The Kier molecular flexibility index (Phi) is 15.0. The van der Waals surface area contributed by atoms with Crippen molar-refractivity contribution in [2.24, 2.45) is 0 Å². The molecule has 1 unspecified atom stereocenters. The molecule has 0 spiro atoms. The number of carbonyl (C=O) groups excluding carboxylic acids is 2. The van der Waals surface area contributed by atoms with Gasteiger partial charge in [0, 0.05) is 26.1 Å². The molecule has 1 fully saturated rings. The second kappa shape index (κ2) is 18.7. The zero-order valence-corrected chi connectivity index (χ0v) is 28.4. The first-order chi connectivity index (χ1) is 24.3. The fourth-order valence-corrected chi connectivity index (χ4v) is 5.34. The summed E-state index contributed by atoms with van der Waals surface area (Å²) in [6.45, 7) is 4.34. The summed E-state index contributed by atoms with van der Waals surface area (Å²) in [5, 5.41) is 22.1. The van der Waals surface area contributed by atoms with Crippen molar-refractivity contribution < 1.29 is 60.5 Å². The fraction of sp³-hybridized carbons (Fsp3) is 0.429. The number of amides is 1. The molecule has 0 radical (unpaired) electrons. The number of hydrazine groups is 1. The zero-order chi connectivity index (χ0) is 38.6. The van der Waals surface area contributed by atoms with Crippen LogP contribution >= 0.6 is 0 Å². The molecule has 2 aliphatic heterocycles. The molecule has 1 saturated heterocycles. The Bertz CT molecular complexity index is 1680. The summed E-state index contributed by atoms with van der Waals surface area (Å²) in [4.78, 5) is 44.4. The lowest BCUT2D eigenvalue weighted by Crippen LogP contribution is -2.55.